The highest BCUT2D eigenvalue weighted by atomic mass is 35.5. The number of halogens is 1. The van der Waals surface area contributed by atoms with E-state index in [4.69, 9.17) is 25.8 Å². The van der Waals surface area contributed by atoms with Crippen LogP contribution >= 0.6 is 11.6 Å². The third kappa shape index (κ3) is 5.60. The average molecular weight is 512 g/mol. The topological polar surface area (TPSA) is 107 Å². The Balaban J connectivity index is 1.38. The lowest BCUT2D eigenvalue weighted by Crippen LogP contribution is -2.42. The molecule has 4 rings (SSSR count). The van der Waals surface area contributed by atoms with E-state index < -0.39 is 9.84 Å². The summed E-state index contributed by atoms with van der Waals surface area (Å²) in [6.07, 6.45) is 2.24. The maximum absolute atomic E-state index is 12.5. The molecule has 0 atom stereocenters. The highest BCUT2D eigenvalue weighted by Gasteiger charge is 2.37. The quantitative estimate of drug-likeness (QED) is 0.617. The monoisotopic (exact) mass is 511 g/mol. The second-order valence-corrected chi connectivity index (χ2v) is 11.6. The fourth-order valence-corrected chi connectivity index (χ4v) is 5.75. The predicted octanol–water partition coefficient (Wildman–Crippen LogP) is 3.87. The fourth-order valence-electron chi connectivity index (χ4n) is 3.79. The number of aliphatic imine (C=N–C) groups is 1. The first-order valence-electron chi connectivity index (χ1n) is 11.5. The van der Waals surface area contributed by atoms with Crippen molar-refractivity contribution in [1.82, 2.24) is 10.2 Å². The number of hydrogen-bond acceptors (Lipinski definition) is 8. The van der Waals surface area contributed by atoms with Crippen molar-refractivity contribution in [3.05, 3.63) is 34.7 Å². The molecule has 0 unspecified atom stereocenters. The molecule has 1 aromatic carbocycles. The number of amides is 1. The summed E-state index contributed by atoms with van der Waals surface area (Å²) in [5.41, 5.74) is 0.679. The zero-order valence-corrected chi connectivity index (χ0v) is 21.1. The van der Waals surface area contributed by atoms with Gasteiger partial charge in [0.25, 0.3) is 0 Å². The molecule has 1 N–H and O–H groups in total. The van der Waals surface area contributed by atoms with Crippen molar-refractivity contribution in [2.75, 3.05) is 19.8 Å². The number of piperidine rings is 1. The molecule has 1 saturated heterocycles. The largest absolute Gasteiger partial charge is 0.475 e. The predicted molar refractivity (Wildman–Crippen MR) is 128 cm³/mol. The minimum Gasteiger partial charge on any atom is -0.475 e. The second kappa shape index (κ2) is 10.0. The molecular weight excluding hydrogens is 482 g/mol. The SMILES string of the molecule is CC1=C(OC2CCN(C(=O)OC(C)C)CC2)NCN=C1Oc1ccc(S(=O)(=O)C2CC2)cc1Cl. The molecule has 11 heteroatoms. The van der Waals surface area contributed by atoms with Gasteiger partial charge in [-0.2, -0.15) is 0 Å². The van der Waals surface area contributed by atoms with Gasteiger partial charge < -0.3 is 24.4 Å². The molecule has 1 aromatic rings. The van der Waals surface area contributed by atoms with Crippen molar-refractivity contribution < 1.29 is 27.4 Å². The molecule has 186 valence electrons. The van der Waals surface area contributed by atoms with Crippen molar-refractivity contribution >= 4 is 33.4 Å². The summed E-state index contributed by atoms with van der Waals surface area (Å²) in [5.74, 6) is 1.25. The van der Waals surface area contributed by atoms with Crippen LogP contribution in [0, 0.1) is 0 Å². The Morgan fingerprint density at radius 1 is 1.21 bits per heavy atom. The van der Waals surface area contributed by atoms with Gasteiger partial charge in [-0.25, -0.2) is 18.2 Å². The molecule has 34 heavy (non-hydrogen) atoms. The van der Waals surface area contributed by atoms with Crippen LogP contribution in [0.1, 0.15) is 46.5 Å². The molecule has 1 aliphatic carbocycles. The number of nitrogens with zero attached hydrogens (tertiary/aromatic N) is 2. The highest BCUT2D eigenvalue weighted by molar-refractivity contribution is 7.92. The van der Waals surface area contributed by atoms with Gasteiger partial charge in [-0.05, 0) is 51.8 Å². The molecule has 2 heterocycles. The summed E-state index contributed by atoms with van der Waals surface area (Å²) in [6.45, 7) is 6.88. The summed E-state index contributed by atoms with van der Waals surface area (Å²) in [7, 11) is -3.33. The van der Waals surface area contributed by atoms with E-state index in [-0.39, 0.29) is 40.1 Å². The smallest absolute Gasteiger partial charge is 0.410 e. The van der Waals surface area contributed by atoms with Gasteiger partial charge in [0.05, 0.1) is 26.8 Å². The van der Waals surface area contributed by atoms with Gasteiger partial charge in [-0.15, -0.1) is 0 Å². The van der Waals surface area contributed by atoms with Crippen molar-refractivity contribution in [3.63, 3.8) is 0 Å². The number of carbonyl (C=O) groups is 1. The van der Waals surface area contributed by atoms with E-state index in [1.165, 1.54) is 12.1 Å². The number of sulfone groups is 1. The highest BCUT2D eigenvalue weighted by Crippen LogP contribution is 2.36. The first-order chi connectivity index (χ1) is 16.1. The van der Waals surface area contributed by atoms with Crippen molar-refractivity contribution in [2.24, 2.45) is 4.99 Å². The Morgan fingerprint density at radius 3 is 2.53 bits per heavy atom. The van der Waals surface area contributed by atoms with Gasteiger partial charge >= 0.3 is 6.09 Å². The van der Waals surface area contributed by atoms with Crippen LogP contribution in [0.3, 0.4) is 0 Å². The molecule has 0 bridgehead atoms. The van der Waals surface area contributed by atoms with Crippen molar-refractivity contribution in [3.8, 4) is 5.75 Å². The van der Waals surface area contributed by atoms with E-state index in [0.29, 0.717) is 61.9 Å². The zero-order valence-electron chi connectivity index (χ0n) is 19.5. The number of nitrogens with one attached hydrogen (secondary N) is 1. The van der Waals surface area contributed by atoms with E-state index in [2.05, 4.69) is 10.3 Å². The normalized spacial score (nSPS) is 19.6. The maximum Gasteiger partial charge on any atom is 0.410 e. The fraction of sp³-hybridized carbons (Fsp3) is 0.565. The Hall–Kier alpha value is -2.46. The van der Waals surface area contributed by atoms with Crippen molar-refractivity contribution in [1.29, 1.82) is 0 Å². The summed E-state index contributed by atoms with van der Waals surface area (Å²) < 4.78 is 42.3. The van der Waals surface area contributed by atoms with Crippen LogP contribution in [0.25, 0.3) is 0 Å². The Kier molecular flexibility index (Phi) is 7.28. The second-order valence-electron chi connectivity index (χ2n) is 8.93. The molecule has 1 saturated carbocycles. The molecule has 0 spiro atoms. The standard InChI is InChI=1S/C23H30ClN3O6S/c1-14(2)31-23(28)27-10-8-16(9-11-27)32-21-15(3)22(26-13-25-21)33-20-7-6-18(12-19(20)24)34(29,30)17-4-5-17/h6-7,12,14,16-17,25H,4-5,8-11,13H2,1-3H3. The number of ether oxygens (including phenoxy) is 3. The molecule has 0 radical (unpaired) electrons. The van der Waals surface area contributed by atoms with Gasteiger partial charge in [0.2, 0.25) is 5.90 Å². The first kappa shape index (κ1) is 24.7. The zero-order chi connectivity index (χ0) is 24.5. The number of hydrogen-bond donors (Lipinski definition) is 1. The lowest BCUT2D eigenvalue weighted by atomic mass is 10.1. The van der Waals surface area contributed by atoms with E-state index in [9.17, 15) is 13.2 Å². The molecule has 2 aliphatic heterocycles. The van der Waals surface area contributed by atoms with Gasteiger partial charge in [-0.1, -0.05) is 11.6 Å². The summed E-state index contributed by atoms with van der Waals surface area (Å²) in [4.78, 5) is 18.3. The van der Waals surface area contributed by atoms with E-state index in [1.54, 1.807) is 11.0 Å². The van der Waals surface area contributed by atoms with Gasteiger partial charge in [0.15, 0.2) is 15.7 Å². The maximum atomic E-state index is 12.5. The minimum atomic E-state index is -3.33. The third-order valence-electron chi connectivity index (χ3n) is 5.85. The van der Waals surface area contributed by atoms with Crippen LogP contribution in [-0.4, -0.2) is 62.5 Å². The lowest BCUT2D eigenvalue weighted by Gasteiger charge is -2.33. The van der Waals surface area contributed by atoms with Crippen LogP contribution in [-0.2, 0) is 19.3 Å². The van der Waals surface area contributed by atoms with E-state index in [1.807, 2.05) is 20.8 Å². The summed E-state index contributed by atoms with van der Waals surface area (Å²) >= 11 is 6.34. The molecule has 2 fully saturated rings. The molecule has 0 aromatic heterocycles. The van der Waals surface area contributed by atoms with Gasteiger partial charge in [-0.3, -0.25) is 0 Å². The minimum absolute atomic E-state index is 0.0598. The number of likely N-dealkylation sites (tertiary alicyclic amines) is 1. The number of rotatable bonds is 6. The molecule has 3 aliphatic rings. The van der Waals surface area contributed by atoms with Crippen LogP contribution in [0.15, 0.2) is 39.5 Å². The van der Waals surface area contributed by atoms with Gasteiger partial charge in [0.1, 0.15) is 18.5 Å². The Bertz CT molecular complexity index is 1110. The van der Waals surface area contributed by atoms with Crippen LogP contribution in [0.5, 0.6) is 5.75 Å². The average Bonchev–Trinajstić information content (AvgIpc) is 3.64. The summed E-state index contributed by atoms with van der Waals surface area (Å²) in [6, 6.07) is 4.51. The van der Waals surface area contributed by atoms with E-state index in [0.717, 1.165) is 0 Å². The Morgan fingerprint density at radius 2 is 1.91 bits per heavy atom. The van der Waals surface area contributed by atoms with Gasteiger partial charge in [0, 0.05) is 25.9 Å². The Labute approximate surface area is 205 Å². The number of carbonyl (C=O) groups excluding carboxylic acids is 1. The lowest BCUT2D eigenvalue weighted by molar-refractivity contribution is 0.0258. The summed E-state index contributed by atoms with van der Waals surface area (Å²) in [5, 5.41) is 3.03. The van der Waals surface area contributed by atoms with Crippen LogP contribution in [0.2, 0.25) is 5.02 Å². The number of benzene rings is 1. The van der Waals surface area contributed by atoms with E-state index >= 15 is 0 Å². The van der Waals surface area contributed by atoms with Crippen LogP contribution < -0.4 is 10.1 Å². The molecular formula is C23H30ClN3O6S. The molecule has 1 amide bonds. The van der Waals surface area contributed by atoms with Crippen molar-refractivity contribution in [2.45, 2.75) is 68.8 Å². The first-order valence-corrected chi connectivity index (χ1v) is 13.4. The third-order valence-corrected chi connectivity index (χ3v) is 8.40. The van der Waals surface area contributed by atoms with Crippen LogP contribution in [0.4, 0.5) is 4.79 Å². The molecule has 9 nitrogen and oxygen atoms in total.